The van der Waals surface area contributed by atoms with E-state index in [1.807, 2.05) is 6.92 Å². The van der Waals surface area contributed by atoms with Gasteiger partial charge in [-0.25, -0.2) is 4.98 Å². The summed E-state index contributed by atoms with van der Waals surface area (Å²) in [5.41, 5.74) is -0.907. The molecule has 2 N–H and O–H groups in total. The first-order valence-electron chi connectivity index (χ1n) is 5.68. The van der Waals surface area contributed by atoms with Crippen molar-refractivity contribution in [3.63, 3.8) is 0 Å². The normalized spacial score (nSPS) is 17.7. The second-order valence-corrected chi connectivity index (χ2v) is 5.29. The molecular formula is C11H10ClF3N4. The molecular weight excluding hydrogens is 281 g/mol. The molecule has 2 heterocycles. The van der Waals surface area contributed by atoms with Gasteiger partial charge in [-0.15, -0.1) is 0 Å². The van der Waals surface area contributed by atoms with Crippen LogP contribution in [0.15, 0.2) is 6.20 Å². The van der Waals surface area contributed by atoms with Gasteiger partial charge >= 0.3 is 6.18 Å². The third-order valence-electron chi connectivity index (χ3n) is 3.23. The highest BCUT2D eigenvalue weighted by molar-refractivity contribution is 6.28. The molecule has 8 heteroatoms. The third-order valence-corrected chi connectivity index (χ3v) is 3.40. The zero-order valence-corrected chi connectivity index (χ0v) is 10.7. The van der Waals surface area contributed by atoms with Crippen molar-refractivity contribution >= 4 is 28.5 Å². The first kappa shape index (κ1) is 12.5. The summed E-state index contributed by atoms with van der Waals surface area (Å²) in [7, 11) is 0. The molecule has 0 spiro atoms. The number of alkyl halides is 3. The topological polar surface area (TPSA) is 53.6 Å². The van der Waals surface area contributed by atoms with Gasteiger partial charge in [0.25, 0.3) is 0 Å². The molecule has 1 aliphatic rings. The number of hydrogen-bond donors (Lipinski definition) is 2. The summed E-state index contributed by atoms with van der Waals surface area (Å²) < 4.78 is 38.8. The van der Waals surface area contributed by atoms with Crippen LogP contribution in [0.25, 0.3) is 11.0 Å². The second-order valence-electron chi connectivity index (χ2n) is 4.95. The summed E-state index contributed by atoms with van der Waals surface area (Å²) in [4.78, 5) is 10.2. The van der Waals surface area contributed by atoms with E-state index in [1.165, 1.54) is 0 Å². The second kappa shape index (κ2) is 3.75. The van der Waals surface area contributed by atoms with Crippen LogP contribution < -0.4 is 5.32 Å². The van der Waals surface area contributed by atoms with Gasteiger partial charge in [-0.05, 0) is 31.4 Å². The summed E-state index contributed by atoms with van der Waals surface area (Å²) >= 11 is 5.73. The highest BCUT2D eigenvalue weighted by Crippen LogP contribution is 2.42. The standard InChI is InChI=1S/C11H10ClF3N4/c1-10(2-3-10)19-8-6-5(11(13,14)15)4-16-7(6)17-9(12)18-8/h4H,2-3H2,1H3,(H2,16,17,18,19). The summed E-state index contributed by atoms with van der Waals surface area (Å²) in [6, 6.07) is 0. The predicted octanol–water partition coefficient (Wildman–Crippen LogP) is 3.59. The van der Waals surface area contributed by atoms with Crippen LogP contribution in [0.2, 0.25) is 5.28 Å². The van der Waals surface area contributed by atoms with Crippen LogP contribution in [-0.4, -0.2) is 20.5 Å². The van der Waals surface area contributed by atoms with Crippen molar-refractivity contribution in [2.75, 3.05) is 5.32 Å². The maximum Gasteiger partial charge on any atom is 0.418 e. The van der Waals surface area contributed by atoms with Crippen LogP contribution in [-0.2, 0) is 6.18 Å². The largest absolute Gasteiger partial charge is 0.418 e. The van der Waals surface area contributed by atoms with Crippen molar-refractivity contribution in [3.8, 4) is 0 Å². The highest BCUT2D eigenvalue weighted by atomic mass is 35.5. The molecule has 0 unspecified atom stereocenters. The van der Waals surface area contributed by atoms with Crippen molar-refractivity contribution in [2.45, 2.75) is 31.5 Å². The number of fused-ring (bicyclic) bond motifs is 1. The van der Waals surface area contributed by atoms with Crippen LogP contribution in [0.5, 0.6) is 0 Å². The average molecular weight is 291 g/mol. The van der Waals surface area contributed by atoms with Gasteiger partial charge in [0.1, 0.15) is 11.5 Å². The van der Waals surface area contributed by atoms with E-state index >= 15 is 0 Å². The number of halogens is 4. The Balaban J connectivity index is 2.20. The molecule has 0 aromatic carbocycles. The number of anilines is 1. The zero-order valence-electron chi connectivity index (χ0n) is 9.90. The minimum Gasteiger partial charge on any atom is -0.364 e. The van der Waals surface area contributed by atoms with E-state index in [9.17, 15) is 13.2 Å². The number of hydrogen-bond acceptors (Lipinski definition) is 3. The van der Waals surface area contributed by atoms with Crippen molar-refractivity contribution in [3.05, 3.63) is 17.0 Å². The smallest absolute Gasteiger partial charge is 0.364 e. The molecule has 0 saturated heterocycles. The minimum atomic E-state index is -4.46. The maximum absolute atomic E-state index is 12.9. The lowest BCUT2D eigenvalue weighted by Gasteiger charge is -2.14. The van der Waals surface area contributed by atoms with Gasteiger partial charge < -0.3 is 10.3 Å². The van der Waals surface area contributed by atoms with E-state index in [4.69, 9.17) is 11.6 Å². The minimum absolute atomic E-state index is 0.0648. The number of nitrogens with one attached hydrogen (secondary N) is 2. The van der Waals surface area contributed by atoms with E-state index in [2.05, 4.69) is 20.3 Å². The lowest BCUT2D eigenvalue weighted by atomic mass is 10.2. The molecule has 19 heavy (non-hydrogen) atoms. The van der Waals surface area contributed by atoms with Crippen molar-refractivity contribution in [1.29, 1.82) is 0 Å². The van der Waals surface area contributed by atoms with E-state index in [-0.39, 0.29) is 27.7 Å². The highest BCUT2D eigenvalue weighted by Gasteiger charge is 2.40. The number of aromatic amines is 1. The Bertz CT molecular complexity index is 645. The van der Waals surface area contributed by atoms with E-state index in [0.717, 1.165) is 19.0 Å². The molecule has 2 aromatic rings. The van der Waals surface area contributed by atoms with E-state index in [0.29, 0.717) is 0 Å². The predicted molar refractivity (Wildman–Crippen MR) is 65.2 cm³/mol. The van der Waals surface area contributed by atoms with Crippen LogP contribution in [0.1, 0.15) is 25.3 Å². The Morgan fingerprint density at radius 3 is 2.63 bits per heavy atom. The maximum atomic E-state index is 12.9. The molecule has 1 saturated carbocycles. The summed E-state index contributed by atoms with van der Waals surface area (Å²) in [5, 5.41) is 2.87. The zero-order chi connectivity index (χ0) is 13.8. The number of aromatic nitrogens is 3. The van der Waals surface area contributed by atoms with Gasteiger partial charge in [0.15, 0.2) is 0 Å². The van der Waals surface area contributed by atoms with Gasteiger partial charge in [-0.1, -0.05) is 0 Å². The van der Waals surface area contributed by atoms with Crippen LogP contribution in [0.4, 0.5) is 19.0 Å². The number of nitrogens with zero attached hydrogens (tertiary/aromatic N) is 2. The van der Waals surface area contributed by atoms with Crippen LogP contribution in [0.3, 0.4) is 0 Å². The van der Waals surface area contributed by atoms with Crippen molar-refractivity contribution in [1.82, 2.24) is 15.0 Å². The van der Waals surface area contributed by atoms with Crippen molar-refractivity contribution in [2.24, 2.45) is 0 Å². The van der Waals surface area contributed by atoms with Gasteiger partial charge in [-0.2, -0.15) is 18.2 Å². The summed E-state index contributed by atoms with van der Waals surface area (Å²) in [6.07, 6.45) is -1.80. The molecule has 0 radical (unpaired) electrons. The van der Waals surface area contributed by atoms with E-state index < -0.39 is 11.7 Å². The SMILES string of the molecule is CC1(Nc2nc(Cl)nc3[nH]cc(C(F)(F)F)c23)CC1. The molecule has 3 rings (SSSR count). The monoisotopic (exact) mass is 290 g/mol. The van der Waals surface area contributed by atoms with Gasteiger partial charge in [0.2, 0.25) is 5.28 Å². The Morgan fingerprint density at radius 2 is 2.05 bits per heavy atom. The molecule has 0 aliphatic heterocycles. The Labute approximate surface area is 111 Å². The molecule has 0 atom stereocenters. The molecule has 0 amide bonds. The quantitative estimate of drug-likeness (QED) is 0.831. The summed E-state index contributed by atoms with van der Waals surface area (Å²) in [5.74, 6) is 0.128. The number of H-pyrrole nitrogens is 1. The first-order valence-corrected chi connectivity index (χ1v) is 6.06. The Kier molecular flexibility index (Phi) is 2.47. The molecule has 2 aromatic heterocycles. The third kappa shape index (κ3) is 2.22. The Morgan fingerprint density at radius 1 is 1.37 bits per heavy atom. The summed E-state index contributed by atoms with van der Waals surface area (Å²) in [6.45, 7) is 1.93. The number of rotatable bonds is 2. The molecule has 0 bridgehead atoms. The van der Waals surface area contributed by atoms with Gasteiger partial charge in [-0.3, -0.25) is 0 Å². The first-order chi connectivity index (χ1) is 8.78. The van der Waals surface area contributed by atoms with Crippen LogP contribution >= 0.6 is 11.6 Å². The molecule has 1 aliphatic carbocycles. The molecule has 4 nitrogen and oxygen atoms in total. The molecule has 1 fully saturated rings. The lowest BCUT2D eigenvalue weighted by molar-refractivity contribution is -0.136. The molecule has 102 valence electrons. The fraction of sp³-hybridized carbons (Fsp3) is 0.455. The Hall–Kier alpha value is -1.50. The van der Waals surface area contributed by atoms with Gasteiger partial charge in [0.05, 0.1) is 10.9 Å². The van der Waals surface area contributed by atoms with Crippen LogP contribution in [0, 0.1) is 0 Å². The van der Waals surface area contributed by atoms with E-state index in [1.54, 1.807) is 0 Å². The lowest BCUT2D eigenvalue weighted by Crippen LogP contribution is -2.18. The fourth-order valence-corrected chi connectivity index (χ4v) is 2.09. The average Bonchev–Trinajstić information content (AvgIpc) is 2.84. The van der Waals surface area contributed by atoms with Crippen molar-refractivity contribution < 1.29 is 13.2 Å². The fourth-order valence-electron chi connectivity index (χ4n) is 1.92. The van der Waals surface area contributed by atoms with Gasteiger partial charge in [0, 0.05) is 11.7 Å².